The summed E-state index contributed by atoms with van der Waals surface area (Å²) < 4.78 is 29.5. The summed E-state index contributed by atoms with van der Waals surface area (Å²) in [4.78, 5) is 18.3. The molecular formula is C17H23N5O3S. The van der Waals surface area contributed by atoms with Gasteiger partial charge in [-0.05, 0) is 44.4 Å². The Morgan fingerprint density at radius 3 is 2.73 bits per heavy atom. The molecule has 1 fully saturated rings. The maximum atomic E-state index is 12.6. The van der Waals surface area contributed by atoms with Gasteiger partial charge in [0.05, 0.1) is 11.4 Å². The lowest BCUT2D eigenvalue weighted by atomic mass is 10.1. The first-order chi connectivity index (χ1) is 12.5. The fraction of sp³-hybridized carbons (Fsp3) is 0.471. The smallest absolute Gasteiger partial charge is 0.253 e. The van der Waals surface area contributed by atoms with Crippen molar-refractivity contribution < 1.29 is 13.2 Å². The van der Waals surface area contributed by atoms with E-state index in [-0.39, 0.29) is 16.8 Å². The number of nitrogens with one attached hydrogen (secondary N) is 1. The van der Waals surface area contributed by atoms with Crippen molar-refractivity contribution in [3.63, 3.8) is 0 Å². The molecule has 3 rings (SSSR count). The lowest BCUT2D eigenvalue weighted by Gasteiger charge is -2.26. The summed E-state index contributed by atoms with van der Waals surface area (Å²) in [6.07, 6.45) is 6.04. The molecule has 2 aromatic rings. The number of aromatic nitrogens is 3. The first-order valence-corrected chi connectivity index (χ1v) is 10.2. The van der Waals surface area contributed by atoms with Gasteiger partial charge < -0.3 is 4.90 Å². The second-order valence-corrected chi connectivity index (χ2v) is 8.23. The van der Waals surface area contributed by atoms with E-state index in [1.807, 2.05) is 0 Å². The molecule has 1 unspecified atom stereocenters. The van der Waals surface area contributed by atoms with Gasteiger partial charge in [-0.1, -0.05) is 6.07 Å². The van der Waals surface area contributed by atoms with Gasteiger partial charge in [-0.25, -0.2) is 18.1 Å². The lowest BCUT2D eigenvalue weighted by Crippen LogP contribution is -2.37. The number of amides is 1. The number of rotatable bonds is 6. The average Bonchev–Trinajstić information content (AvgIpc) is 3.14. The van der Waals surface area contributed by atoms with Crippen LogP contribution in [0.1, 0.15) is 36.5 Å². The minimum Gasteiger partial charge on any atom is -0.339 e. The van der Waals surface area contributed by atoms with E-state index in [1.54, 1.807) is 28.6 Å². The molecule has 1 aliphatic rings. The Morgan fingerprint density at radius 1 is 1.27 bits per heavy atom. The monoisotopic (exact) mass is 377 g/mol. The van der Waals surface area contributed by atoms with Crippen molar-refractivity contribution in [1.82, 2.24) is 24.4 Å². The molecule has 1 atom stereocenters. The third-order valence-electron chi connectivity index (χ3n) is 4.32. The Balaban J connectivity index is 1.72. The molecule has 1 aliphatic heterocycles. The van der Waals surface area contributed by atoms with Crippen LogP contribution in [0, 0.1) is 0 Å². The van der Waals surface area contributed by atoms with Gasteiger partial charge in [-0.3, -0.25) is 9.48 Å². The first kappa shape index (κ1) is 18.5. The summed E-state index contributed by atoms with van der Waals surface area (Å²) in [7, 11) is -3.73. The number of likely N-dealkylation sites (tertiary alicyclic amines) is 1. The molecule has 1 aromatic heterocycles. The molecule has 0 aliphatic carbocycles. The van der Waals surface area contributed by atoms with E-state index < -0.39 is 10.0 Å². The van der Waals surface area contributed by atoms with Gasteiger partial charge in [0.15, 0.2) is 0 Å². The van der Waals surface area contributed by atoms with Gasteiger partial charge in [0.25, 0.3) is 5.91 Å². The first-order valence-electron chi connectivity index (χ1n) is 8.70. The van der Waals surface area contributed by atoms with Gasteiger partial charge >= 0.3 is 0 Å². The van der Waals surface area contributed by atoms with Gasteiger partial charge in [0, 0.05) is 24.7 Å². The number of piperidine rings is 1. The number of hydrogen-bond acceptors (Lipinski definition) is 5. The van der Waals surface area contributed by atoms with Crippen LogP contribution in [0.3, 0.4) is 0 Å². The number of benzene rings is 1. The van der Waals surface area contributed by atoms with E-state index in [2.05, 4.69) is 14.8 Å². The zero-order chi connectivity index (χ0) is 18.6. The van der Waals surface area contributed by atoms with Crippen LogP contribution in [0.25, 0.3) is 0 Å². The van der Waals surface area contributed by atoms with Crippen molar-refractivity contribution in [2.45, 2.75) is 43.7 Å². The Labute approximate surface area is 153 Å². The van der Waals surface area contributed by atoms with E-state index in [9.17, 15) is 13.2 Å². The fourth-order valence-electron chi connectivity index (χ4n) is 3.05. The molecule has 1 amide bonds. The van der Waals surface area contributed by atoms with E-state index in [0.29, 0.717) is 12.1 Å². The van der Waals surface area contributed by atoms with E-state index in [1.165, 1.54) is 24.8 Å². The zero-order valence-electron chi connectivity index (χ0n) is 14.7. The largest absolute Gasteiger partial charge is 0.339 e. The molecule has 1 N–H and O–H groups in total. The summed E-state index contributed by atoms with van der Waals surface area (Å²) in [5.41, 5.74) is 0.402. The molecule has 0 saturated carbocycles. The molecule has 0 radical (unpaired) electrons. The molecule has 0 spiro atoms. The predicted molar refractivity (Wildman–Crippen MR) is 96.0 cm³/mol. The van der Waals surface area contributed by atoms with Gasteiger partial charge in [-0.15, -0.1) is 0 Å². The molecule has 140 valence electrons. The van der Waals surface area contributed by atoms with Crippen LogP contribution in [-0.2, 0) is 16.6 Å². The lowest BCUT2D eigenvalue weighted by molar-refractivity contribution is 0.0724. The van der Waals surface area contributed by atoms with Crippen LogP contribution in [0.2, 0.25) is 0 Å². The normalized spacial score (nSPS) is 16.4. The van der Waals surface area contributed by atoms with Gasteiger partial charge in [0.2, 0.25) is 10.0 Å². The quantitative estimate of drug-likeness (QED) is 0.818. The number of nitrogens with zero attached hydrogens (tertiary/aromatic N) is 4. The highest BCUT2D eigenvalue weighted by Gasteiger charge is 2.22. The SMILES string of the molecule is CC(Cn1cncn1)NS(=O)(=O)c1cccc(C(=O)N2CCCCC2)c1. The zero-order valence-corrected chi connectivity index (χ0v) is 15.5. The van der Waals surface area contributed by atoms with Gasteiger partial charge in [-0.2, -0.15) is 5.10 Å². The van der Waals surface area contributed by atoms with Crippen LogP contribution < -0.4 is 4.72 Å². The van der Waals surface area contributed by atoms with Crippen molar-refractivity contribution in [3.8, 4) is 0 Å². The molecule has 9 heteroatoms. The fourth-order valence-corrected chi connectivity index (χ4v) is 4.33. The van der Waals surface area contributed by atoms with E-state index >= 15 is 0 Å². The highest BCUT2D eigenvalue weighted by Crippen LogP contribution is 2.17. The molecule has 8 nitrogen and oxygen atoms in total. The Hall–Kier alpha value is -2.26. The number of carbonyl (C=O) groups excluding carboxylic acids is 1. The van der Waals surface area contributed by atoms with Crippen molar-refractivity contribution in [2.24, 2.45) is 0 Å². The summed E-state index contributed by atoms with van der Waals surface area (Å²) >= 11 is 0. The molecule has 0 bridgehead atoms. The van der Waals surface area contributed by atoms with Crippen LogP contribution in [0.5, 0.6) is 0 Å². The Kier molecular flexibility index (Phi) is 5.67. The highest BCUT2D eigenvalue weighted by molar-refractivity contribution is 7.89. The van der Waals surface area contributed by atoms with Crippen molar-refractivity contribution in [3.05, 3.63) is 42.5 Å². The van der Waals surface area contributed by atoms with E-state index in [4.69, 9.17) is 0 Å². The van der Waals surface area contributed by atoms with E-state index in [0.717, 1.165) is 32.4 Å². The number of carbonyl (C=O) groups is 1. The third kappa shape index (κ3) is 4.47. The Morgan fingerprint density at radius 2 is 2.04 bits per heavy atom. The molecular weight excluding hydrogens is 354 g/mol. The van der Waals surface area contributed by atoms with Crippen LogP contribution in [0.4, 0.5) is 0 Å². The molecule has 26 heavy (non-hydrogen) atoms. The summed E-state index contributed by atoms with van der Waals surface area (Å²) in [6.45, 7) is 3.57. The molecule has 1 aromatic carbocycles. The summed E-state index contributed by atoms with van der Waals surface area (Å²) in [5.74, 6) is -0.114. The second-order valence-electron chi connectivity index (χ2n) is 6.52. The average molecular weight is 377 g/mol. The maximum absolute atomic E-state index is 12.6. The second kappa shape index (κ2) is 7.96. The van der Waals surface area contributed by atoms with Crippen LogP contribution >= 0.6 is 0 Å². The molecule has 2 heterocycles. The van der Waals surface area contributed by atoms with Crippen LogP contribution in [0.15, 0.2) is 41.8 Å². The van der Waals surface area contributed by atoms with Gasteiger partial charge in [0.1, 0.15) is 12.7 Å². The minimum absolute atomic E-state index is 0.0887. The third-order valence-corrected chi connectivity index (χ3v) is 5.91. The predicted octanol–water partition coefficient (Wildman–Crippen LogP) is 1.27. The number of hydrogen-bond donors (Lipinski definition) is 1. The number of sulfonamides is 1. The van der Waals surface area contributed by atoms with Crippen LogP contribution in [-0.4, -0.2) is 53.1 Å². The van der Waals surface area contributed by atoms with Crippen molar-refractivity contribution >= 4 is 15.9 Å². The topological polar surface area (TPSA) is 97.2 Å². The maximum Gasteiger partial charge on any atom is 0.253 e. The minimum atomic E-state index is -3.73. The summed E-state index contributed by atoms with van der Waals surface area (Å²) in [5, 5.41) is 3.97. The highest BCUT2D eigenvalue weighted by atomic mass is 32.2. The van der Waals surface area contributed by atoms with Crippen molar-refractivity contribution in [1.29, 1.82) is 0 Å². The standard InChI is InChI=1S/C17H23N5O3S/c1-14(11-22-13-18-12-19-22)20-26(24,25)16-7-5-6-15(10-16)17(23)21-8-3-2-4-9-21/h5-7,10,12-14,20H,2-4,8-9,11H2,1H3. The summed E-state index contributed by atoms with van der Waals surface area (Å²) in [6, 6.07) is 5.84. The Bertz CT molecular complexity index is 845. The van der Waals surface area contributed by atoms with Crippen molar-refractivity contribution in [2.75, 3.05) is 13.1 Å². The molecule has 1 saturated heterocycles.